The Bertz CT molecular complexity index is 854. The van der Waals surface area contributed by atoms with Gasteiger partial charge in [0, 0.05) is 18.0 Å². The molecule has 5 heteroatoms. The maximum absolute atomic E-state index is 11.3. The quantitative estimate of drug-likeness (QED) is 0.788. The molecule has 4 nitrogen and oxygen atoms in total. The van der Waals surface area contributed by atoms with Crippen molar-refractivity contribution in [1.82, 2.24) is 4.57 Å². The summed E-state index contributed by atoms with van der Waals surface area (Å²) in [6.07, 6.45) is 0. The number of nitrogens with zero attached hydrogens (tertiary/aromatic N) is 1. The summed E-state index contributed by atoms with van der Waals surface area (Å²) in [6, 6.07) is 14.3. The molecule has 0 aliphatic carbocycles. The molecule has 1 aromatic heterocycles. The average molecular weight is 316 g/mol. The van der Waals surface area contributed by atoms with Gasteiger partial charge in [-0.2, -0.15) is 0 Å². The van der Waals surface area contributed by atoms with Crippen LogP contribution in [0.1, 0.15) is 16.1 Å². The first-order valence-corrected chi connectivity index (χ1v) is 7.13. The highest BCUT2D eigenvalue weighted by Gasteiger charge is 2.13. The molecule has 3 aromatic rings. The minimum absolute atomic E-state index is 0.289. The second-order valence-corrected chi connectivity index (χ2v) is 5.36. The third kappa shape index (κ3) is 2.53. The fraction of sp³-hybridized carbons (Fsp3) is 0.118. The van der Waals surface area contributed by atoms with Crippen LogP contribution in [0.25, 0.3) is 10.9 Å². The number of rotatable bonds is 4. The van der Waals surface area contributed by atoms with E-state index in [2.05, 4.69) is 0 Å². The second-order valence-electron chi connectivity index (χ2n) is 4.96. The molecule has 0 fully saturated rings. The number of ether oxygens (including phenoxy) is 1. The third-order valence-corrected chi connectivity index (χ3v) is 3.94. The summed E-state index contributed by atoms with van der Waals surface area (Å²) in [4.78, 5) is 11.3. The zero-order valence-electron chi connectivity index (χ0n) is 11.9. The second kappa shape index (κ2) is 5.73. The molecule has 1 N–H and O–H groups in total. The van der Waals surface area contributed by atoms with Gasteiger partial charge in [-0.25, -0.2) is 4.79 Å². The van der Waals surface area contributed by atoms with E-state index in [1.807, 2.05) is 35.9 Å². The zero-order chi connectivity index (χ0) is 15.7. The van der Waals surface area contributed by atoms with Crippen molar-refractivity contribution in [3.63, 3.8) is 0 Å². The molecular formula is C17H14ClNO3. The number of hydrogen-bond acceptors (Lipinski definition) is 2. The molecule has 1 heterocycles. The Hall–Kier alpha value is -2.46. The van der Waals surface area contributed by atoms with Crippen molar-refractivity contribution in [2.75, 3.05) is 0 Å². The normalized spacial score (nSPS) is 10.8. The van der Waals surface area contributed by atoms with Crippen molar-refractivity contribution in [3.8, 4) is 5.75 Å². The molecule has 0 unspecified atom stereocenters. The molecule has 112 valence electrons. The number of para-hydroxylation sites is 1. The summed E-state index contributed by atoms with van der Waals surface area (Å²) in [5.74, 6) is -0.331. The summed E-state index contributed by atoms with van der Waals surface area (Å²) in [7, 11) is 1.89. The topological polar surface area (TPSA) is 51.5 Å². The molecule has 0 bridgehead atoms. The summed E-state index contributed by atoms with van der Waals surface area (Å²) < 4.78 is 7.66. The molecule has 0 saturated heterocycles. The minimum Gasteiger partial charge on any atom is -0.486 e. The van der Waals surface area contributed by atoms with E-state index in [-0.39, 0.29) is 5.56 Å². The Labute approximate surface area is 132 Å². The van der Waals surface area contributed by atoms with Crippen LogP contribution in [0, 0.1) is 0 Å². The van der Waals surface area contributed by atoms with Crippen LogP contribution in [-0.2, 0) is 13.7 Å². The van der Waals surface area contributed by atoms with E-state index in [0.29, 0.717) is 22.8 Å². The Balaban J connectivity index is 1.95. The minimum atomic E-state index is -0.935. The van der Waals surface area contributed by atoms with Crippen molar-refractivity contribution < 1.29 is 14.6 Å². The molecule has 0 amide bonds. The van der Waals surface area contributed by atoms with Gasteiger partial charge < -0.3 is 14.4 Å². The number of carboxylic acids is 1. The van der Waals surface area contributed by atoms with Gasteiger partial charge >= 0.3 is 5.97 Å². The zero-order valence-corrected chi connectivity index (χ0v) is 12.7. The smallest absolute Gasteiger partial charge is 0.336 e. The van der Waals surface area contributed by atoms with E-state index in [9.17, 15) is 9.90 Å². The molecule has 2 aromatic carbocycles. The molecule has 3 rings (SSSR count). The van der Waals surface area contributed by atoms with Gasteiger partial charge in [-0.15, -0.1) is 0 Å². The number of fused-ring (bicyclic) bond motifs is 1. The van der Waals surface area contributed by atoms with E-state index in [4.69, 9.17) is 16.3 Å². The fourth-order valence-electron chi connectivity index (χ4n) is 2.45. The van der Waals surface area contributed by atoms with E-state index in [1.54, 1.807) is 24.3 Å². The number of carbonyl (C=O) groups is 1. The molecule has 0 aliphatic heterocycles. The van der Waals surface area contributed by atoms with Crippen LogP contribution in [0.3, 0.4) is 0 Å². The maximum atomic E-state index is 11.3. The van der Waals surface area contributed by atoms with Gasteiger partial charge in [-0.3, -0.25) is 0 Å². The highest BCUT2D eigenvalue weighted by atomic mass is 35.5. The van der Waals surface area contributed by atoms with Crippen molar-refractivity contribution in [3.05, 3.63) is 64.8 Å². The van der Waals surface area contributed by atoms with Gasteiger partial charge in [0.2, 0.25) is 0 Å². The molecule has 0 saturated carbocycles. The number of aryl methyl sites for hydroxylation is 1. The molecule has 0 spiro atoms. The number of hydrogen-bond donors (Lipinski definition) is 1. The van der Waals surface area contributed by atoms with Crippen LogP contribution in [0.4, 0.5) is 0 Å². The Kier molecular flexibility index (Phi) is 3.77. The molecule has 22 heavy (non-hydrogen) atoms. The van der Waals surface area contributed by atoms with Crippen LogP contribution in [0.2, 0.25) is 5.02 Å². The summed E-state index contributed by atoms with van der Waals surface area (Å²) in [5.41, 5.74) is 2.03. The SMILES string of the molecule is Cn1c(COc2ccccc2Cl)cc2c(C(=O)O)cccc21. The number of benzene rings is 2. The van der Waals surface area contributed by atoms with Crippen LogP contribution < -0.4 is 4.74 Å². The summed E-state index contributed by atoms with van der Waals surface area (Å²) in [6.45, 7) is 0.313. The number of aromatic nitrogens is 1. The van der Waals surface area contributed by atoms with Gasteiger partial charge in [-0.05, 0) is 30.3 Å². The predicted octanol–water partition coefficient (Wildman–Crippen LogP) is 4.11. The van der Waals surface area contributed by atoms with Gasteiger partial charge in [0.1, 0.15) is 12.4 Å². The monoisotopic (exact) mass is 315 g/mol. The first-order valence-electron chi connectivity index (χ1n) is 6.76. The lowest BCUT2D eigenvalue weighted by molar-refractivity contribution is 0.0699. The van der Waals surface area contributed by atoms with Crippen molar-refractivity contribution in [2.45, 2.75) is 6.61 Å². The van der Waals surface area contributed by atoms with Crippen molar-refractivity contribution in [2.24, 2.45) is 7.05 Å². The highest BCUT2D eigenvalue weighted by molar-refractivity contribution is 6.32. The summed E-state index contributed by atoms with van der Waals surface area (Å²) in [5, 5.41) is 10.5. The fourth-order valence-corrected chi connectivity index (χ4v) is 2.64. The van der Waals surface area contributed by atoms with Crippen LogP contribution in [-0.4, -0.2) is 15.6 Å². The molecule has 0 radical (unpaired) electrons. The van der Waals surface area contributed by atoms with Crippen molar-refractivity contribution in [1.29, 1.82) is 0 Å². The van der Waals surface area contributed by atoms with Crippen molar-refractivity contribution >= 4 is 28.5 Å². The van der Waals surface area contributed by atoms with Gasteiger partial charge in [0.05, 0.1) is 16.3 Å². The largest absolute Gasteiger partial charge is 0.486 e. The number of halogens is 1. The maximum Gasteiger partial charge on any atom is 0.336 e. The average Bonchev–Trinajstić information content (AvgIpc) is 2.83. The van der Waals surface area contributed by atoms with E-state index in [1.165, 1.54) is 0 Å². The first kappa shape index (κ1) is 14.5. The third-order valence-electron chi connectivity index (χ3n) is 3.63. The number of carboxylic acid groups (broad SMARTS) is 1. The lowest BCUT2D eigenvalue weighted by Gasteiger charge is -2.08. The van der Waals surface area contributed by atoms with Gasteiger partial charge in [-0.1, -0.05) is 29.8 Å². The first-order chi connectivity index (χ1) is 10.6. The van der Waals surface area contributed by atoms with Gasteiger partial charge in [0.25, 0.3) is 0 Å². The highest BCUT2D eigenvalue weighted by Crippen LogP contribution is 2.26. The standard InChI is InChI=1S/C17H14ClNO3/c1-19-11(10-22-16-8-3-2-6-14(16)18)9-13-12(17(20)21)5-4-7-15(13)19/h2-9H,10H2,1H3,(H,20,21). The Morgan fingerprint density at radius 2 is 2.00 bits per heavy atom. The van der Waals surface area contributed by atoms with Crippen LogP contribution in [0.5, 0.6) is 5.75 Å². The lowest BCUT2D eigenvalue weighted by Crippen LogP contribution is -2.02. The Morgan fingerprint density at radius 3 is 2.73 bits per heavy atom. The van der Waals surface area contributed by atoms with Crippen LogP contribution >= 0.6 is 11.6 Å². The Morgan fingerprint density at radius 1 is 1.23 bits per heavy atom. The molecule has 0 atom stereocenters. The van der Waals surface area contributed by atoms with Gasteiger partial charge in [0.15, 0.2) is 0 Å². The number of aromatic carboxylic acids is 1. The molecule has 0 aliphatic rings. The van der Waals surface area contributed by atoms with E-state index >= 15 is 0 Å². The lowest BCUT2D eigenvalue weighted by atomic mass is 10.1. The summed E-state index contributed by atoms with van der Waals surface area (Å²) >= 11 is 6.07. The van der Waals surface area contributed by atoms with E-state index in [0.717, 1.165) is 11.2 Å². The molecular weight excluding hydrogens is 302 g/mol. The van der Waals surface area contributed by atoms with Crippen LogP contribution in [0.15, 0.2) is 48.5 Å². The predicted molar refractivity (Wildman–Crippen MR) is 85.7 cm³/mol. The van der Waals surface area contributed by atoms with E-state index < -0.39 is 5.97 Å².